The van der Waals surface area contributed by atoms with Crippen LogP contribution >= 0.6 is 0 Å². The zero-order valence-corrected chi connectivity index (χ0v) is 10.7. The highest BCUT2D eigenvalue weighted by Gasteiger charge is 2.13. The van der Waals surface area contributed by atoms with Crippen LogP contribution in [-0.2, 0) is 0 Å². The molecule has 0 saturated carbocycles. The molecule has 1 aromatic rings. The fraction of sp³-hybridized carbons (Fsp3) is 0.429. The lowest BCUT2D eigenvalue weighted by molar-refractivity contribution is 0.404. The Morgan fingerprint density at radius 3 is 2.76 bits per heavy atom. The van der Waals surface area contributed by atoms with Crippen molar-refractivity contribution in [2.75, 3.05) is 7.11 Å². The lowest BCUT2D eigenvalue weighted by Crippen LogP contribution is -2.28. The van der Waals surface area contributed by atoms with Crippen LogP contribution in [0.3, 0.4) is 0 Å². The van der Waals surface area contributed by atoms with E-state index in [1.807, 2.05) is 19.1 Å². The van der Waals surface area contributed by atoms with Gasteiger partial charge in [-0.1, -0.05) is 6.08 Å². The standard InChI is InChI=1S/C14H21NO2/c1-5-6-10(2)15-11(3)13-9-12(17-4)7-8-14(13)16/h5,7-11,15-16H,1,6H2,2-4H3. The van der Waals surface area contributed by atoms with Crippen molar-refractivity contribution in [1.82, 2.24) is 5.32 Å². The van der Waals surface area contributed by atoms with Crippen LogP contribution < -0.4 is 10.1 Å². The van der Waals surface area contributed by atoms with Crippen LogP contribution in [0.1, 0.15) is 31.9 Å². The van der Waals surface area contributed by atoms with Gasteiger partial charge in [0.15, 0.2) is 0 Å². The first-order valence-electron chi connectivity index (χ1n) is 5.82. The molecule has 0 aliphatic heterocycles. The molecule has 0 spiro atoms. The van der Waals surface area contributed by atoms with Crippen LogP contribution in [0, 0.1) is 0 Å². The SMILES string of the molecule is C=CCC(C)NC(C)c1cc(OC)ccc1O. The molecular weight excluding hydrogens is 214 g/mol. The lowest BCUT2D eigenvalue weighted by atomic mass is 10.1. The molecule has 2 N–H and O–H groups in total. The summed E-state index contributed by atoms with van der Waals surface area (Å²) in [7, 11) is 1.62. The Bertz CT molecular complexity index is 376. The summed E-state index contributed by atoms with van der Waals surface area (Å²) in [5.74, 6) is 1.04. The summed E-state index contributed by atoms with van der Waals surface area (Å²) in [6.45, 7) is 7.83. The van der Waals surface area contributed by atoms with Gasteiger partial charge in [0.1, 0.15) is 11.5 Å². The number of rotatable bonds is 6. The Hall–Kier alpha value is -1.48. The molecule has 0 heterocycles. The maximum atomic E-state index is 9.83. The van der Waals surface area contributed by atoms with Gasteiger partial charge in [-0.25, -0.2) is 0 Å². The molecule has 0 fully saturated rings. The second kappa shape index (κ2) is 6.30. The zero-order chi connectivity index (χ0) is 12.8. The maximum Gasteiger partial charge on any atom is 0.120 e. The van der Waals surface area contributed by atoms with Gasteiger partial charge in [0, 0.05) is 17.6 Å². The minimum Gasteiger partial charge on any atom is -0.508 e. The Morgan fingerprint density at radius 2 is 2.18 bits per heavy atom. The van der Waals surface area contributed by atoms with Gasteiger partial charge >= 0.3 is 0 Å². The number of hydrogen-bond donors (Lipinski definition) is 2. The summed E-state index contributed by atoms with van der Waals surface area (Å²) in [5, 5.41) is 13.2. The van der Waals surface area contributed by atoms with E-state index in [4.69, 9.17) is 4.74 Å². The number of hydrogen-bond acceptors (Lipinski definition) is 3. The van der Waals surface area contributed by atoms with E-state index in [1.165, 1.54) is 0 Å². The molecule has 0 radical (unpaired) electrons. The van der Waals surface area contributed by atoms with Gasteiger partial charge in [0.25, 0.3) is 0 Å². The average molecular weight is 235 g/mol. The third kappa shape index (κ3) is 3.79. The van der Waals surface area contributed by atoms with Gasteiger partial charge in [-0.05, 0) is 38.5 Å². The largest absolute Gasteiger partial charge is 0.508 e. The van der Waals surface area contributed by atoms with Crippen molar-refractivity contribution < 1.29 is 9.84 Å². The molecule has 17 heavy (non-hydrogen) atoms. The van der Waals surface area contributed by atoms with E-state index < -0.39 is 0 Å². The fourth-order valence-corrected chi connectivity index (χ4v) is 1.84. The number of aromatic hydroxyl groups is 1. The van der Waals surface area contributed by atoms with Gasteiger partial charge < -0.3 is 15.2 Å². The highest BCUT2D eigenvalue weighted by atomic mass is 16.5. The molecule has 2 unspecified atom stereocenters. The Morgan fingerprint density at radius 1 is 1.47 bits per heavy atom. The summed E-state index contributed by atoms with van der Waals surface area (Å²) in [4.78, 5) is 0. The van der Waals surface area contributed by atoms with E-state index in [0.29, 0.717) is 6.04 Å². The highest BCUT2D eigenvalue weighted by molar-refractivity contribution is 5.41. The van der Waals surface area contributed by atoms with Crippen molar-refractivity contribution in [1.29, 1.82) is 0 Å². The van der Waals surface area contributed by atoms with Crippen molar-refractivity contribution in [2.24, 2.45) is 0 Å². The van der Waals surface area contributed by atoms with Gasteiger partial charge in [-0.3, -0.25) is 0 Å². The van der Waals surface area contributed by atoms with Crippen LogP contribution in [0.15, 0.2) is 30.9 Å². The van der Waals surface area contributed by atoms with Crippen LogP contribution in [0.5, 0.6) is 11.5 Å². The summed E-state index contributed by atoms with van der Waals surface area (Å²) in [6, 6.07) is 5.66. The third-order valence-corrected chi connectivity index (χ3v) is 2.76. The minimum absolute atomic E-state index is 0.0695. The Kier molecular flexibility index (Phi) is 5.04. The maximum absolute atomic E-state index is 9.83. The fourth-order valence-electron chi connectivity index (χ4n) is 1.84. The number of ether oxygens (including phenoxy) is 1. The minimum atomic E-state index is 0.0695. The van der Waals surface area contributed by atoms with Crippen LogP contribution in [0.4, 0.5) is 0 Å². The van der Waals surface area contributed by atoms with E-state index in [2.05, 4.69) is 18.8 Å². The van der Waals surface area contributed by atoms with E-state index in [-0.39, 0.29) is 11.8 Å². The molecule has 0 aliphatic carbocycles. The predicted octanol–water partition coefficient (Wildman–Crippen LogP) is 3.02. The molecule has 0 amide bonds. The second-order valence-corrected chi connectivity index (χ2v) is 4.24. The number of benzene rings is 1. The van der Waals surface area contributed by atoms with Gasteiger partial charge in [-0.2, -0.15) is 0 Å². The number of phenolic OH excluding ortho intramolecular Hbond substituents is 1. The quantitative estimate of drug-likeness (QED) is 0.745. The van der Waals surface area contributed by atoms with Crippen molar-refractivity contribution in [2.45, 2.75) is 32.4 Å². The summed E-state index contributed by atoms with van der Waals surface area (Å²) < 4.78 is 5.16. The summed E-state index contributed by atoms with van der Waals surface area (Å²) in [6.07, 6.45) is 2.78. The number of nitrogens with one attached hydrogen (secondary N) is 1. The summed E-state index contributed by atoms with van der Waals surface area (Å²) >= 11 is 0. The first kappa shape index (κ1) is 13.6. The predicted molar refractivity (Wildman–Crippen MR) is 70.5 cm³/mol. The molecule has 1 rings (SSSR count). The van der Waals surface area contributed by atoms with Gasteiger partial charge in [0.05, 0.1) is 7.11 Å². The topological polar surface area (TPSA) is 41.5 Å². The number of phenols is 1. The van der Waals surface area contributed by atoms with Crippen LogP contribution in [0.2, 0.25) is 0 Å². The monoisotopic (exact) mass is 235 g/mol. The lowest BCUT2D eigenvalue weighted by Gasteiger charge is -2.20. The van der Waals surface area contributed by atoms with E-state index in [0.717, 1.165) is 17.7 Å². The number of methoxy groups -OCH3 is 1. The molecule has 0 bridgehead atoms. The Labute approximate surface area is 103 Å². The van der Waals surface area contributed by atoms with E-state index in [1.54, 1.807) is 19.2 Å². The highest BCUT2D eigenvalue weighted by Crippen LogP contribution is 2.28. The zero-order valence-electron chi connectivity index (χ0n) is 10.7. The smallest absolute Gasteiger partial charge is 0.120 e. The van der Waals surface area contributed by atoms with Crippen molar-refractivity contribution in [3.8, 4) is 11.5 Å². The van der Waals surface area contributed by atoms with Gasteiger partial charge in [-0.15, -0.1) is 6.58 Å². The molecule has 0 aliphatic rings. The average Bonchev–Trinajstić information content (AvgIpc) is 2.29. The molecule has 0 saturated heterocycles. The molecular formula is C14H21NO2. The van der Waals surface area contributed by atoms with Crippen molar-refractivity contribution in [3.05, 3.63) is 36.4 Å². The van der Waals surface area contributed by atoms with Crippen LogP contribution in [0.25, 0.3) is 0 Å². The first-order valence-corrected chi connectivity index (χ1v) is 5.82. The van der Waals surface area contributed by atoms with Crippen molar-refractivity contribution in [3.63, 3.8) is 0 Å². The van der Waals surface area contributed by atoms with E-state index in [9.17, 15) is 5.11 Å². The van der Waals surface area contributed by atoms with Crippen LogP contribution in [-0.4, -0.2) is 18.3 Å². The third-order valence-electron chi connectivity index (χ3n) is 2.76. The molecule has 3 nitrogen and oxygen atoms in total. The second-order valence-electron chi connectivity index (χ2n) is 4.24. The van der Waals surface area contributed by atoms with Crippen molar-refractivity contribution >= 4 is 0 Å². The molecule has 2 atom stereocenters. The molecule has 3 heteroatoms. The van der Waals surface area contributed by atoms with Gasteiger partial charge in [0.2, 0.25) is 0 Å². The molecule has 94 valence electrons. The molecule has 0 aromatic heterocycles. The summed E-state index contributed by atoms with van der Waals surface area (Å²) in [5.41, 5.74) is 0.847. The van der Waals surface area contributed by atoms with E-state index >= 15 is 0 Å². The Balaban J connectivity index is 2.79. The molecule has 1 aromatic carbocycles. The normalized spacial score (nSPS) is 14.1. The first-order chi connectivity index (χ1) is 8.08.